The molecule has 0 saturated heterocycles. The smallest absolute Gasteiger partial charge is 0.168 e. The van der Waals surface area contributed by atoms with E-state index in [0.717, 1.165) is 28.1 Å². The quantitative estimate of drug-likeness (QED) is 0.789. The summed E-state index contributed by atoms with van der Waals surface area (Å²) in [5.74, 6) is 1.44. The van der Waals surface area contributed by atoms with Crippen molar-refractivity contribution in [1.82, 2.24) is 4.98 Å². The Balaban J connectivity index is 1.99. The monoisotopic (exact) mass is 268 g/mol. The first-order chi connectivity index (χ1) is 9.78. The Morgan fingerprint density at radius 3 is 2.85 bits per heavy atom. The average Bonchev–Trinajstić information content (AvgIpc) is 2.99. The Labute approximate surface area is 117 Å². The molecule has 4 heteroatoms. The summed E-state index contributed by atoms with van der Waals surface area (Å²) in [6, 6.07) is 13.6. The van der Waals surface area contributed by atoms with Crippen LogP contribution >= 0.6 is 0 Å². The number of aryl methyl sites for hydroxylation is 1. The molecule has 0 aliphatic heterocycles. The molecule has 0 saturated carbocycles. The van der Waals surface area contributed by atoms with Gasteiger partial charge >= 0.3 is 0 Å². The number of para-hydroxylation sites is 1. The molecule has 3 aromatic rings. The second kappa shape index (κ2) is 5.35. The number of nitrogens with two attached hydrogens (primary N) is 1. The van der Waals surface area contributed by atoms with E-state index in [-0.39, 0.29) is 6.10 Å². The van der Waals surface area contributed by atoms with E-state index in [2.05, 4.69) is 4.98 Å². The fourth-order valence-corrected chi connectivity index (χ4v) is 2.16. The van der Waals surface area contributed by atoms with Crippen LogP contribution in [0.25, 0.3) is 10.9 Å². The van der Waals surface area contributed by atoms with Crippen molar-refractivity contribution in [3.8, 4) is 5.75 Å². The van der Waals surface area contributed by atoms with E-state index in [1.165, 1.54) is 0 Å². The van der Waals surface area contributed by atoms with Crippen LogP contribution in [-0.2, 0) is 0 Å². The Morgan fingerprint density at radius 2 is 2.10 bits per heavy atom. The normalized spacial score (nSPS) is 12.5. The Kier molecular flexibility index (Phi) is 3.39. The molecule has 4 nitrogen and oxygen atoms in total. The van der Waals surface area contributed by atoms with Crippen molar-refractivity contribution in [2.24, 2.45) is 5.73 Å². The van der Waals surface area contributed by atoms with Crippen molar-refractivity contribution >= 4 is 10.9 Å². The molecule has 2 heterocycles. The maximum Gasteiger partial charge on any atom is 0.168 e. The zero-order chi connectivity index (χ0) is 13.9. The summed E-state index contributed by atoms with van der Waals surface area (Å²) in [7, 11) is 0. The number of pyridine rings is 1. The molecule has 0 radical (unpaired) electrons. The van der Waals surface area contributed by atoms with Gasteiger partial charge in [0.25, 0.3) is 0 Å². The molecule has 1 atom stereocenters. The third-order valence-electron chi connectivity index (χ3n) is 3.17. The van der Waals surface area contributed by atoms with Gasteiger partial charge in [0.15, 0.2) is 6.10 Å². The number of fused-ring (bicyclic) bond motifs is 1. The van der Waals surface area contributed by atoms with E-state index in [9.17, 15) is 0 Å². The molecule has 2 N–H and O–H groups in total. The lowest BCUT2D eigenvalue weighted by Gasteiger charge is -2.16. The minimum atomic E-state index is -0.307. The first-order valence-corrected chi connectivity index (χ1v) is 6.54. The molecule has 0 spiro atoms. The Morgan fingerprint density at radius 1 is 1.20 bits per heavy atom. The summed E-state index contributed by atoms with van der Waals surface area (Å²) >= 11 is 0. The van der Waals surface area contributed by atoms with Crippen LogP contribution in [0.3, 0.4) is 0 Å². The van der Waals surface area contributed by atoms with Crippen molar-refractivity contribution in [1.29, 1.82) is 0 Å². The zero-order valence-corrected chi connectivity index (χ0v) is 11.2. The third kappa shape index (κ3) is 2.38. The molecule has 20 heavy (non-hydrogen) atoms. The minimum absolute atomic E-state index is 0.307. The lowest BCUT2D eigenvalue weighted by Crippen LogP contribution is -2.18. The molecule has 3 rings (SSSR count). The second-order valence-corrected chi connectivity index (χ2v) is 4.64. The fourth-order valence-electron chi connectivity index (χ4n) is 2.16. The van der Waals surface area contributed by atoms with Crippen molar-refractivity contribution in [2.75, 3.05) is 6.54 Å². The number of ether oxygens (including phenoxy) is 1. The highest BCUT2D eigenvalue weighted by atomic mass is 16.5. The van der Waals surface area contributed by atoms with E-state index in [1.54, 1.807) is 6.26 Å². The molecule has 0 fully saturated rings. The van der Waals surface area contributed by atoms with E-state index in [0.29, 0.717) is 6.54 Å². The summed E-state index contributed by atoms with van der Waals surface area (Å²) in [6.07, 6.45) is 1.31. The Bertz CT molecular complexity index is 708. The summed E-state index contributed by atoms with van der Waals surface area (Å²) in [5, 5.41) is 1.04. The molecular formula is C16H16N2O2. The van der Waals surface area contributed by atoms with Crippen molar-refractivity contribution in [3.63, 3.8) is 0 Å². The van der Waals surface area contributed by atoms with Gasteiger partial charge in [0.05, 0.1) is 6.26 Å². The zero-order valence-electron chi connectivity index (χ0n) is 11.2. The first-order valence-electron chi connectivity index (χ1n) is 6.54. The van der Waals surface area contributed by atoms with E-state index in [4.69, 9.17) is 14.9 Å². The SMILES string of the molecule is Cc1ccc2cccc(OC(CN)c3ccco3)c2n1. The summed E-state index contributed by atoms with van der Waals surface area (Å²) in [4.78, 5) is 4.55. The van der Waals surface area contributed by atoms with Crippen molar-refractivity contribution in [2.45, 2.75) is 13.0 Å². The standard InChI is InChI=1S/C16H16N2O2/c1-11-7-8-12-4-2-5-14(16(12)18-11)20-15(10-17)13-6-3-9-19-13/h2-9,15H,10,17H2,1H3. The van der Waals surface area contributed by atoms with Gasteiger partial charge in [-0.25, -0.2) is 4.98 Å². The van der Waals surface area contributed by atoms with Gasteiger partial charge in [-0.15, -0.1) is 0 Å². The largest absolute Gasteiger partial charge is 0.479 e. The van der Waals surface area contributed by atoms with Crippen LogP contribution in [0.2, 0.25) is 0 Å². The number of nitrogens with zero attached hydrogens (tertiary/aromatic N) is 1. The molecule has 0 bridgehead atoms. The fraction of sp³-hybridized carbons (Fsp3) is 0.188. The summed E-state index contributed by atoms with van der Waals surface area (Å²) in [6.45, 7) is 2.30. The van der Waals surface area contributed by atoms with Gasteiger partial charge in [-0.2, -0.15) is 0 Å². The predicted octanol–water partition coefficient (Wildman–Crippen LogP) is 3.22. The second-order valence-electron chi connectivity index (χ2n) is 4.64. The van der Waals surface area contributed by atoms with Crippen LogP contribution in [0.15, 0.2) is 53.1 Å². The van der Waals surface area contributed by atoms with Gasteiger partial charge < -0.3 is 14.9 Å². The van der Waals surface area contributed by atoms with E-state index in [1.807, 2.05) is 49.4 Å². The van der Waals surface area contributed by atoms with Gasteiger partial charge in [-0.05, 0) is 31.2 Å². The van der Waals surface area contributed by atoms with Gasteiger partial charge in [0, 0.05) is 17.6 Å². The topological polar surface area (TPSA) is 61.3 Å². The number of hydrogen-bond acceptors (Lipinski definition) is 4. The molecule has 1 unspecified atom stereocenters. The molecule has 0 amide bonds. The summed E-state index contributed by atoms with van der Waals surface area (Å²) < 4.78 is 11.4. The molecule has 0 aliphatic rings. The first kappa shape index (κ1) is 12.7. The number of hydrogen-bond donors (Lipinski definition) is 1. The molecule has 102 valence electrons. The number of rotatable bonds is 4. The van der Waals surface area contributed by atoms with Gasteiger partial charge in [0.2, 0.25) is 0 Å². The van der Waals surface area contributed by atoms with Crippen LogP contribution < -0.4 is 10.5 Å². The van der Waals surface area contributed by atoms with Crippen LogP contribution in [0.1, 0.15) is 17.6 Å². The van der Waals surface area contributed by atoms with Crippen molar-refractivity contribution in [3.05, 3.63) is 60.2 Å². The van der Waals surface area contributed by atoms with E-state index < -0.39 is 0 Å². The highest BCUT2D eigenvalue weighted by molar-refractivity contribution is 5.84. The maximum absolute atomic E-state index is 6.00. The number of aromatic nitrogens is 1. The van der Waals surface area contributed by atoms with Gasteiger partial charge in [-0.3, -0.25) is 0 Å². The van der Waals surface area contributed by atoms with Gasteiger partial charge in [-0.1, -0.05) is 18.2 Å². The molecule has 0 aliphatic carbocycles. The van der Waals surface area contributed by atoms with Crippen LogP contribution in [0.5, 0.6) is 5.75 Å². The Hall–Kier alpha value is -2.33. The lowest BCUT2D eigenvalue weighted by molar-refractivity contribution is 0.186. The van der Waals surface area contributed by atoms with Crippen molar-refractivity contribution < 1.29 is 9.15 Å². The number of furan rings is 1. The minimum Gasteiger partial charge on any atom is -0.479 e. The van der Waals surface area contributed by atoms with Crippen LogP contribution in [0.4, 0.5) is 0 Å². The molecule has 1 aromatic carbocycles. The molecular weight excluding hydrogens is 252 g/mol. The molecule has 2 aromatic heterocycles. The van der Waals surface area contributed by atoms with Gasteiger partial charge in [0.1, 0.15) is 17.0 Å². The third-order valence-corrected chi connectivity index (χ3v) is 3.17. The average molecular weight is 268 g/mol. The highest BCUT2D eigenvalue weighted by Gasteiger charge is 2.16. The summed E-state index contributed by atoms with van der Waals surface area (Å²) in [5.41, 5.74) is 7.58. The highest BCUT2D eigenvalue weighted by Crippen LogP contribution is 2.28. The van der Waals surface area contributed by atoms with Crippen LogP contribution in [0, 0.1) is 6.92 Å². The number of benzene rings is 1. The van der Waals surface area contributed by atoms with E-state index >= 15 is 0 Å². The maximum atomic E-state index is 6.00. The predicted molar refractivity (Wildman–Crippen MR) is 77.6 cm³/mol. The lowest BCUT2D eigenvalue weighted by atomic mass is 10.2. The van der Waals surface area contributed by atoms with Crippen LogP contribution in [-0.4, -0.2) is 11.5 Å².